The van der Waals surface area contributed by atoms with Crippen LogP contribution in [-0.2, 0) is 21.4 Å². The van der Waals surface area contributed by atoms with Crippen LogP contribution < -0.4 is 14.2 Å². The molecule has 1 fully saturated rings. The summed E-state index contributed by atoms with van der Waals surface area (Å²) in [5, 5.41) is 0.651. The first kappa shape index (κ1) is 20.5. The lowest BCUT2D eigenvalue weighted by Crippen LogP contribution is -2.39. The van der Waals surface area contributed by atoms with E-state index in [4.69, 9.17) is 14.3 Å². The molecule has 1 heterocycles. The minimum absolute atomic E-state index is 0.000280. The minimum Gasteiger partial charge on any atom is -0.493 e. The van der Waals surface area contributed by atoms with Crippen LogP contribution in [0.1, 0.15) is 17.2 Å². The van der Waals surface area contributed by atoms with Gasteiger partial charge in [0.1, 0.15) is 11.1 Å². The fraction of sp³-hybridized carbons (Fsp3) is 0.368. The molecule has 7 nitrogen and oxygen atoms in total. The third kappa shape index (κ3) is 4.12. The predicted octanol–water partition coefficient (Wildman–Crippen LogP) is 2.25. The van der Waals surface area contributed by atoms with E-state index in [1.807, 2.05) is 0 Å². The number of ether oxygens (including phenoxy) is 2. The zero-order valence-corrected chi connectivity index (χ0v) is 16.7. The van der Waals surface area contributed by atoms with E-state index in [9.17, 15) is 12.8 Å². The number of hydrogen-bond donors (Lipinski definition) is 1. The van der Waals surface area contributed by atoms with E-state index in [2.05, 4.69) is 4.72 Å². The molecule has 0 saturated carbocycles. The molecule has 2 atom stereocenters. The largest absolute Gasteiger partial charge is 0.493 e. The monoisotopic (exact) mass is 410 g/mol. The molecule has 9 heteroatoms. The number of benzene rings is 2. The van der Waals surface area contributed by atoms with Crippen molar-refractivity contribution in [3.63, 3.8) is 0 Å². The zero-order chi connectivity index (χ0) is 20.3. The molecule has 0 aliphatic carbocycles. The molecule has 0 aromatic heterocycles. The standard InChI is InChI=1S/C19H23FN2O5S/c1-22-18(15-5-4-6-16(25-2)19(15)26-3)17(12-27-22)28(23,24)21-11-13-7-9-14(20)10-8-13/h4-10,17-18,21H,11-12H2,1-3H3/t17-,18-/m0/s1. The van der Waals surface area contributed by atoms with E-state index in [-0.39, 0.29) is 19.0 Å². The highest BCUT2D eigenvalue weighted by Gasteiger charge is 2.44. The minimum atomic E-state index is -3.75. The topological polar surface area (TPSA) is 77.1 Å². The molecule has 0 spiro atoms. The van der Waals surface area contributed by atoms with Crippen LogP contribution in [0.25, 0.3) is 0 Å². The van der Waals surface area contributed by atoms with Crippen molar-refractivity contribution in [3.8, 4) is 11.5 Å². The number of halogens is 1. The molecule has 1 N–H and O–H groups in total. The molecule has 0 unspecified atom stereocenters. The fourth-order valence-corrected chi connectivity index (χ4v) is 4.77. The van der Waals surface area contributed by atoms with Gasteiger partial charge < -0.3 is 9.47 Å². The van der Waals surface area contributed by atoms with Gasteiger partial charge >= 0.3 is 0 Å². The fourth-order valence-electron chi connectivity index (χ4n) is 3.29. The number of sulfonamides is 1. The maximum Gasteiger partial charge on any atom is 0.219 e. The van der Waals surface area contributed by atoms with Gasteiger partial charge in [-0.3, -0.25) is 4.84 Å². The van der Waals surface area contributed by atoms with Crippen molar-refractivity contribution >= 4 is 10.0 Å². The molecular formula is C19H23FN2O5S. The van der Waals surface area contributed by atoms with Crippen molar-refractivity contribution in [2.75, 3.05) is 27.9 Å². The molecule has 2 aromatic carbocycles. The molecule has 1 aliphatic rings. The summed E-state index contributed by atoms with van der Waals surface area (Å²) in [5.74, 6) is 0.601. The number of nitrogens with one attached hydrogen (secondary N) is 1. The predicted molar refractivity (Wildman–Crippen MR) is 102 cm³/mol. The summed E-state index contributed by atoms with van der Waals surface area (Å²) in [4.78, 5) is 5.53. The summed E-state index contributed by atoms with van der Waals surface area (Å²) < 4.78 is 52.4. The first-order chi connectivity index (χ1) is 13.4. The van der Waals surface area contributed by atoms with E-state index < -0.39 is 21.3 Å². The Hall–Kier alpha value is -2.20. The Balaban J connectivity index is 1.87. The molecule has 0 amide bonds. The Labute approximate surface area is 164 Å². The van der Waals surface area contributed by atoms with Gasteiger partial charge in [-0.2, -0.15) is 5.06 Å². The Kier molecular flexibility index (Phi) is 6.19. The highest BCUT2D eigenvalue weighted by molar-refractivity contribution is 7.90. The SMILES string of the molecule is COc1cccc([C@H]2[C@@H](S(=O)(=O)NCc3ccc(F)cc3)CON2C)c1OC. The van der Waals surface area contributed by atoms with Crippen LogP contribution in [0.15, 0.2) is 42.5 Å². The molecule has 2 aromatic rings. The second-order valence-electron chi connectivity index (χ2n) is 6.40. The van der Waals surface area contributed by atoms with E-state index in [0.29, 0.717) is 22.6 Å². The normalized spacial score (nSPS) is 20.3. The van der Waals surface area contributed by atoms with Gasteiger partial charge in [-0.05, 0) is 23.8 Å². The van der Waals surface area contributed by atoms with Gasteiger partial charge in [0.25, 0.3) is 0 Å². The lowest BCUT2D eigenvalue weighted by atomic mass is 10.0. The Bertz CT molecular complexity index is 920. The molecule has 28 heavy (non-hydrogen) atoms. The summed E-state index contributed by atoms with van der Waals surface area (Å²) in [6.45, 7) is 0.0606. The second-order valence-corrected chi connectivity index (χ2v) is 8.38. The van der Waals surface area contributed by atoms with Crippen molar-refractivity contribution in [2.45, 2.75) is 17.8 Å². The number of hydroxylamine groups is 2. The Morgan fingerprint density at radius 3 is 2.54 bits per heavy atom. The van der Waals surface area contributed by atoms with Gasteiger partial charge in [-0.25, -0.2) is 17.5 Å². The molecule has 3 rings (SSSR count). The number of methoxy groups -OCH3 is 2. The maximum absolute atomic E-state index is 13.0. The van der Waals surface area contributed by atoms with Crippen molar-refractivity contribution < 1.29 is 27.1 Å². The van der Waals surface area contributed by atoms with E-state index in [1.54, 1.807) is 25.2 Å². The van der Waals surface area contributed by atoms with Crippen LogP contribution in [0.5, 0.6) is 11.5 Å². The number of nitrogens with zero attached hydrogens (tertiary/aromatic N) is 1. The first-order valence-electron chi connectivity index (χ1n) is 8.67. The number of para-hydroxylation sites is 1. The molecule has 1 aliphatic heterocycles. The average molecular weight is 410 g/mol. The lowest BCUT2D eigenvalue weighted by Gasteiger charge is -2.25. The smallest absolute Gasteiger partial charge is 0.219 e. The van der Waals surface area contributed by atoms with Gasteiger partial charge in [0, 0.05) is 19.2 Å². The van der Waals surface area contributed by atoms with E-state index in [0.717, 1.165) is 0 Å². The van der Waals surface area contributed by atoms with Crippen molar-refractivity contribution in [3.05, 3.63) is 59.4 Å². The third-order valence-electron chi connectivity index (χ3n) is 4.73. The van der Waals surface area contributed by atoms with Gasteiger partial charge in [0.05, 0.1) is 26.9 Å². The molecule has 0 radical (unpaired) electrons. The molecule has 1 saturated heterocycles. The lowest BCUT2D eigenvalue weighted by molar-refractivity contribution is -0.110. The summed E-state index contributed by atoms with van der Waals surface area (Å²) in [7, 11) is 0.960. The first-order valence-corrected chi connectivity index (χ1v) is 10.2. The molecule has 0 bridgehead atoms. The summed E-state index contributed by atoms with van der Waals surface area (Å²) >= 11 is 0. The maximum atomic E-state index is 13.0. The van der Waals surface area contributed by atoms with Gasteiger partial charge in [0.15, 0.2) is 11.5 Å². The highest BCUT2D eigenvalue weighted by atomic mass is 32.2. The molecular weight excluding hydrogens is 387 g/mol. The number of rotatable bonds is 7. The van der Waals surface area contributed by atoms with Crippen LogP contribution in [0, 0.1) is 5.82 Å². The van der Waals surface area contributed by atoms with Crippen molar-refractivity contribution in [1.29, 1.82) is 0 Å². The van der Waals surface area contributed by atoms with E-state index >= 15 is 0 Å². The summed E-state index contributed by atoms with van der Waals surface area (Å²) in [6.07, 6.45) is 0. The van der Waals surface area contributed by atoms with Crippen LogP contribution >= 0.6 is 0 Å². The van der Waals surface area contributed by atoms with Crippen molar-refractivity contribution in [1.82, 2.24) is 9.79 Å². The quantitative estimate of drug-likeness (QED) is 0.755. The second kappa shape index (κ2) is 8.44. The van der Waals surface area contributed by atoms with Gasteiger partial charge in [-0.1, -0.05) is 24.3 Å². The number of hydrogen-bond acceptors (Lipinski definition) is 6. The van der Waals surface area contributed by atoms with E-state index in [1.165, 1.54) is 43.5 Å². The zero-order valence-electron chi connectivity index (χ0n) is 15.9. The highest BCUT2D eigenvalue weighted by Crippen LogP contribution is 2.42. The van der Waals surface area contributed by atoms with Crippen molar-refractivity contribution in [2.24, 2.45) is 0 Å². The third-order valence-corrected chi connectivity index (χ3v) is 6.47. The van der Waals surface area contributed by atoms with Crippen LogP contribution in [-0.4, -0.2) is 46.6 Å². The van der Waals surface area contributed by atoms with Crippen LogP contribution in [0.3, 0.4) is 0 Å². The summed E-state index contributed by atoms with van der Waals surface area (Å²) in [6, 6.07) is 10.4. The van der Waals surface area contributed by atoms with Crippen LogP contribution in [0.2, 0.25) is 0 Å². The van der Waals surface area contributed by atoms with Gasteiger partial charge in [0.2, 0.25) is 10.0 Å². The Morgan fingerprint density at radius 1 is 1.18 bits per heavy atom. The Morgan fingerprint density at radius 2 is 1.89 bits per heavy atom. The van der Waals surface area contributed by atoms with Crippen LogP contribution in [0.4, 0.5) is 4.39 Å². The average Bonchev–Trinajstić information content (AvgIpc) is 3.09. The molecule has 152 valence electrons. The van der Waals surface area contributed by atoms with Gasteiger partial charge in [-0.15, -0.1) is 0 Å². The summed E-state index contributed by atoms with van der Waals surface area (Å²) in [5.41, 5.74) is 1.31.